The second-order valence-electron chi connectivity index (χ2n) is 4.03. The predicted molar refractivity (Wildman–Crippen MR) is 77.7 cm³/mol. The van der Waals surface area contributed by atoms with Gasteiger partial charge < -0.3 is 9.72 Å². The zero-order valence-electron chi connectivity index (χ0n) is 10.7. The molecule has 0 atom stereocenters. The Kier molecular flexibility index (Phi) is 3.13. The molecule has 0 radical (unpaired) electrons. The van der Waals surface area contributed by atoms with Crippen molar-refractivity contribution in [2.45, 2.75) is 4.90 Å². The summed E-state index contributed by atoms with van der Waals surface area (Å²) in [5.41, 5.74) is 2.58. The van der Waals surface area contributed by atoms with Crippen molar-refractivity contribution in [3.8, 4) is 17.1 Å². The molecule has 2 heterocycles. The minimum Gasteiger partial charge on any atom is -0.496 e. The van der Waals surface area contributed by atoms with Gasteiger partial charge >= 0.3 is 0 Å². The fourth-order valence-corrected chi connectivity index (χ4v) is 2.40. The van der Waals surface area contributed by atoms with E-state index in [1.165, 1.54) is 0 Å². The van der Waals surface area contributed by atoms with Gasteiger partial charge in [-0.25, -0.2) is 9.97 Å². The van der Waals surface area contributed by atoms with E-state index >= 15 is 0 Å². The average molecular weight is 271 g/mol. The number of H-pyrrole nitrogens is 1. The molecule has 0 aliphatic heterocycles. The van der Waals surface area contributed by atoms with Gasteiger partial charge in [-0.3, -0.25) is 0 Å². The van der Waals surface area contributed by atoms with Gasteiger partial charge in [0, 0.05) is 11.1 Å². The minimum atomic E-state index is 0.716. The molecule has 3 rings (SSSR count). The quantitative estimate of drug-likeness (QED) is 0.742. The van der Waals surface area contributed by atoms with Gasteiger partial charge in [-0.2, -0.15) is 0 Å². The molecule has 0 saturated heterocycles. The fraction of sp³-hybridized carbons (Fsp3) is 0.143. The molecule has 0 saturated carbocycles. The van der Waals surface area contributed by atoms with Crippen LogP contribution in [0, 0.1) is 0 Å². The van der Waals surface area contributed by atoms with Crippen LogP contribution in [0.2, 0.25) is 0 Å². The molecule has 0 fully saturated rings. The maximum atomic E-state index is 5.44. The van der Waals surface area contributed by atoms with E-state index in [9.17, 15) is 0 Å². The van der Waals surface area contributed by atoms with Gasteiger partial charge in [-0.1, -0.05) is 0 Å². The lowest BCUT2D eigenvalue weighted by molar-refractivity contribution is 0.415. The van der Waals surface area contributed by atoms with Gasteiger partial charge in [0.05, 0.1) is 18.2 Å². The van der Waals surface area contributed by atoms with Crippen LogP contribution in [0.5, 0.6) is 5.75 Å². The summed E-state index contributed by atoms with van der Waals surface area (Å²) >= 11 is 1.68. The Morgan fingerprint density at radius 1 is 1.26 bits per heavy atom. The molecule has 0 unspecified atom stereocenters. The zero-order chi connectivity index (χ0) is 13.2. The van der Waals surface area contributed by atoms with E-state index in [1.807, 2.05) is 30.5 Å². The van der Waals surface area contributed by atoms with Gasteiger partial charge in [-0.15, -0.1) is 11.8 Å². The standard InChI is InChI=1S/C14H13N3OS/c1-18-12-8-9(19-2)5-6-10(12)13-16-11-4-3-7-15-14(11)17-13/h3-8H,1-2H3,(H,15,16,17). The number of thioether (sulfide) groups is 1. The molecule has 0 spiro atoms. The summed E-state index contributed by atoms with van der Waals surface area (Å²) in [5, 5.41) is 0. The smallest absolute Gasteiger partial charge is 0.178 e. The monoisotopic (exact) mass is 271 g/mol. The first kappa shape index (κ1) is 12.0. The number of hydrogen-bond acceptors (Lipinski definition) is 4. The number of imidazole rings is 1. The van der Waals surface area contributed by atoms with Gasteiger partial charge in [0.15, 0.2) is 5.65 Å². The van der Waals surface area contributed by atoms with Crippen molar-refractivity contribution < 1.29 is 4.74 Å². The third-order valence-electron chi connectivity index (χ3n) is 2.92. The van der Waals surface area contributed by atoms with Crippen LogP contribution >= 0.6 is 11.8 Å². The van der Waals surface area contributed by atoms with Crippen molar-refractivity contribution in [3.05, 3.63) is 36.5 Å². The third kappa shape index (κ3) is 2.17. The number of rotatable bonds is 3. The highest BCUT2D eigenvalue weighted by Gasteiger charge is 2.11. The Labute approximate surface area is 115 Å². The maximum absolute atomic E-state index is 5.44. The largest absolute Gasteiger partial charge is 0.496 e. The number of ether oxygens (including phenoxy) is 1. The highest BCUT2D eigenvalue weighted by molar-refractivity contribution is 7.98. The summed E-state index contributed by atoms with van der Waals surface area (Å²) in [7, 11) is 1.67. The minimum absolute atomic E-state index is 0.716. The average Bonchev–Trinajstić information content (AvgIpc) is 2.90. The van der Waals surface area contributed by atoms with E-state index in [2.05, 4.69) is 21.0 Å². The molecule has 0 aliphatic rings. The lowest BCUT2D eigenvalue weighted by atomic mass is 10.2. The topological polar surface area (TPSA) is 50.8 Å². The van der Waals surface area contributed by atoms with Crippen molar-refractivity contribution in [3.63, 3.8) is 0 Å². The molecule has 0 bridgehead atoms. The number of pyridine rings is 1. The van der Waals surface area contributed by atoms with Crippen molar-refractivity contribution >= 4 is 22.9 Å². The molecule has 1 N–H and O–H groups in total. The van der Waals surface area contributed by atoms with Gasteiger partial charge in [0.25, 0.3) is 0 Å². The first-order valence-corrected chi connectivity index (χ1v) is 7.07. The third-order valence-corrected chi connectivity index (χ3v) is 3.65. The predicted octanol–water partition coefficient (Wildman–Crippen LogP) is 3.36. The molecular formula is C14H13N3OS. The van der Waals surface area contributed by atoms with Gasteiger partial charge in [0.2, 0.25) is 0 Å². The van der Waals surface area contributed by atoms with Crippen LogP contribution in [0.15, 0.2) is 41.4 Å². The van der Waals surface area contributed by atoms with Crippen molar-refractivity contribution in [1.82, 2.24) is 15.0 Å². The highest BCUT2D eigenvalue weighted by Crippen LogP contribution is 2.32. The van der Waals surface area contributed by atoms with E-state index in [0.717, 1.165) is 27.5 Å². The number of hydrogen-bond donors (Lipinski definition) is 1. The number of nitrogens with one attached hydrogen (secondary N) is 1. The number of aromatic nitrogens is 3. The summed E-state index contributed by atoms with van der Waals surface area (Å²) in [5.74, 6) is 1.59. The second kappa shape index (κ2) is 4.93. The summed E-state index contributed by atoms with van der Waals surface area (Å²) < 4.78 is 5.44. The summed E-state index contributed by atoms with van der Waals surface area (Å²) in [4.78, 5) is 13.1. The Morgan fingerprint density at radius 2 is 2.16 bits per heavy atom. The first-order chi connectivity index (χ1) is 9.31. The summed E-state index contributed by atoms with van der Waals surface area (Å²) in [6.45, 7) is 0. The van der Waals surface area contributed by atoms with Crippen LogP contribution in [0.1, 0.15) is 0 Å². The van der Waals surface area contributed by atoms with E-state index < -0.39 is 0 Å². The van der Waals surface area contributed by atoms with Crippen molar-refractivity contribution in [2.24, 2.45) is 0 Å². The molecular weight excluding hydrogens is 258 g/mol. The zero-order valence-corrected chi connectivity index (χ0v) is 11.5. The van der Waals surface area contributed by atoms with E-state index in [0.29, 0.717) is 5.65 Å². The molecule has 1 aromatic carbocycles. The van der Waals surface area contributed by atoms with Gasteiger partial charge in [0.1, 0.15) is 11.6 Å². The lowest BCUT2D eigenvalue weighted by Crippen LogP contribution is -1.89. The summed E-state index contributed by atoms with van der Waals surface area (Å²) in [6, 6.07) is 9.94. The molecule has 5 heteroatoms. The second-order valence-corrected chi connectivity index (χ2v) is 4.91. The number of benzene rings is 1. The Balaban J connectivity index is 2.15. The number of fused-ring (bicyclic) bond motifs is 1. The molecule has 3 aromatic rings. The number of aromatic amines is 1. The Bertz CT molecular complexity index is 691. The molecule has 0 aliphatic carbocycles. The lowest BCUT2D eigenvalue weighted by Gasteiger charge is -2.07. The van der Waals surface area contributed by atoms with Gasteiger partial charge in [-0.05, 0) is 36.6 Å². The van der Waals surface area contributed by atoms with Crippen LogP contribution < -0.4 is 4.74 Å². The summed E-state index contributed by atoms with van der Waals surface area (Å²) in [6.07, 6.45) is 3.78. The molecule has 2 aromatic heterocycles. The first-order valence-electron chi connectivity index (χ1n) is 5.85. The molecule has 4 nitrogen and oxygen atoms in total. The fourth-order valence-electron chi connectivity index (χ4n) is 1.97. The highest BCUT2D eigenvalue weighted by atomic mass is 32.2. The van der Waals surface area contributed by atoms with Crippen LogP contribution in [-0.2, 0) is 0 Å². The van der Waals surface area contributed by atoms with Crippen LogP contribution in [0.3, 0.4) is 0 Å². The normalized spacial score (nSPS) is 10.8. The van der Waals surface area contributed by atoms with Crippen LogP contribution in [0.4, 0.5) is 0 Å². The van der Waals surface area contributed by atoms with Crippen LogP contribution in [-0.4, -0.2) is 28.3 Å². The molecule has 19 heavy (non-hydrogen) atoms. The maximum Gasteiger partial charge on any atom is 0.178 e. The van der Waals surface area contributed by atoms with E-state index in [4.69, 9.17) is 4.74 Å². The molecule has 96 valence electrons. The van der Waals surface area contributed by atoms with Crippen molar-refractivity contribution in [1.29, 1.82) is 0 Å². The SMILES string of the molecule is COc1cc(SC)ccc1-c1nc2ncccc2[nH]1. The number of nitrogens with zero attached hydrogens (tertiary/aromatic N) is 2. The molecule has 0 amide bonds. The van der Waals surface area contributed by atoms with E-state index in [1.54, 1.807) is 25.1 Å². The van der Waals surface area contributed by atoms with Crippen molar-refractivity contribution in [2.75, 3.05) is 13.4 Å². The van der Waals surface area contributed by atoms with Crippen LogP contribution in [0.25, 0.3) is 22.6 Å². The Hall–Kier alpha value is -2.01. The van der Waals surface area contributed by atoms with E-state index in [-0.39, 0.29) is 0 Å². The number of methoxy groups -OCH3 is 1. The Morgan fingerprint density at radius 3 is 2.89 bits per heavy atom.